The number of likely N-dealkylation sites (N-methyl/N-ethyl adjacent to an activating group) is 1. The van der Waals surface area contributed by atoms with Crippen LogP contribution in [0.2, 0.25) is 0 Å². The van der Waals surface area contributed by atoms with Crippen LogP contribution in [-0.4, -0.2) is 46.9 Å². The van der Waals surface area contributed by atoms with Gasteiger partial charge in [-0.1, -0.05) is 30.3 Å². The molecule has 1 N–H and O–H groups in total. The van der Waals surface area contributed by atoms with Crippen LogP contribution >= 0.6 is 11.3 Å². The Kier molecular flexibility index (Phi) is 6.94. The van der Waals surface area contributed by atoms with Crippen molar-refractivity contribution in [3.63, 3.8) is 0 Å². The first-order valence-corrected chi connectivity index (χ1v) is 9.09. The Labute approximate surface area is 152 Å². The van der Waals surface area contributed by atoms with Gasteiger partial charge in [-0.15, -0.1) is 11.3 Å². The standard InChI is InChI=1S/C18H24N4O2S/c1-4-22(11-15-8-6-5-7-9-15)17(23)10-19-18(24)21(3)12-16-13-25-14(2)20-16/h5-9,13H,4,10-12H2,1-3H3,(H,19,24). The third-order valence-electron chi connectivity index (χ3n) is 3.75. The van der Waals surface area contributed by atoms with E-state index in [0.717, 1.165) is 16.3 Å². The summed E-state index contributed by atoms with van der Waals surface area (Å²) >= 11 is 1.55. The Hall–Kier alpha value is -2.41. The molecule has 1 heterocycles. The highest BCUT2D eigenvalue weighted by atomic mass is 32.1. The van der Waals surface area contributed by atoms with Crippen molar-refractivity contribution in [3.05, 3.63) is 52.0 Å². The van der Waals surface area contributed by atoms with Crippen molar-refractivity contribution >= 4 is 23.3 Å². The van der Waals surface area contributed by atoms with Crippen molar-refractivity contribution in [1.29, 1.82) is 0 Å². The predicted octanol–water partition coefficient (Wildman–Crippen LogP) is 2.64. The van der Waals surface area contributed by atoms with Gasteiger partial charge < -0.3 is 15.1 Å². The van der Waals surface area contributed by atoms with E-state index in [1.807, 2.05) is 49.6 Å². The van der Waals surface area contributed by atoms with Gasteiger partial charge in [-0.2, -0.15) is 0 Å². The molecule has 0 aliphatic heterocycles. The fourth-order valence-electron chi connectivity index (χ4n) is 2.37. The maximum absolute atomic E-state index is 12.3. The number of aryl methyl sites for hydroxylation is 1. The van der Waals surface area contributed by atoms with E-state index in [0.29, 0.717) is 19.6 Å². The number of hydrogen-bond donors (Lipinski definition) is 1. The quantitative estimate of drug-likeness (QED) is 0.825. The van der Waals surface area contributed by atoms with Crippen LogP contribution in [0.25, 0.3) is 0 Å². The van der Waals surface area contributed by atoms with Crippen LogP contribution in [0.1, 0.15) is 23.2 Å². The molecular formula is C18H24N4O2S. The van der Waals surface area contributed by atoms with Gasteiger partial charge in [-0.25, -0.2) is 9.78 Å². The Morgan fingerprint density at radius 3 is 2.52 bits per heavy atom. The van der Waals surface area contributed by atoms with Crippen molar-refractivity contribution in [3.8, 4) is 0 Å². The number of carbonyl (C=O) groups excluding carboxylic acids is 2. The van der Waals surface area contributed by atoms with Crippen LogP contribution in [0, 0.1) is 6.92 Å². The number of hydrogen-bond acceptors (Lipinski definition) is 4. The average molecular weight is 360 g/mol. The van der Waals surface area contributed by atoms with Gasteiger partial charge in [0.15, 0.2) is 0 Å². The van der Waals surface area contributed by atoms with E-state index in [1.54, 1.807) is 23.3 Å². The topological polar surface area (TPSA) is 65.5 Å². The maximum Gasteiger partial charge on any atom is 0.317 e. The minimum Gasteiger partial charge on any atom is -0.337 e. The molecule has 6 nitrogen and oxygen atoms in total. The molecule has 0 saturated carbocycles. The highest BCUT2D eigenvalue weighted by Crippen LogP contribution is 2.09. The number of aromatic nitrogens is 1. The molecule has 0 unspecified atom stereocenters. The molecule has 0 aliphatic carbocycles. The molecule has 0 atom stereocenters. The molecule has 0 spiro atoms. The van der Waals surface area contributed by atoms with E-state index in [2.05, 4.69) is 10.3 Å². The number of benzene rings is 1. The molecule has 2 rings (SSSR count). The molecule has 134 valence electrons. The minimum atomic E-state index is -0.283. The summed E-state index contributed by atoms with van der Waals surface area (Å²) < 4.78 is 0. The highest BCUT2D eigenvalue weighted by Gasteiger charge is 2.15. The van der Waals surface area contributed by atoms with Gasteiger partial charge >= 0.3 is 6.03 Å². The zero-order valence-corrected chi connectivity index (χ0v) is 15.7. The van der Waals surface area contributed by atoms with Crippen LogP contribution in [0.3, 0.4) is 0 Å². The van der Waals surface area contributed by atoms with E-state index in [4.69, 9.17) is 0 Å². The summed E-state index contributed by atoms with van der Waals surface area (Å²) in [5.74, 6) is -0.0994. The van der Waals surface area contributed by atoms with Gasteiger partial charge in [0.25, 0.3) is 0 Å². The van der Waals surface area contributed by atoms with Crippen LogP contribution in [0.15, 0.2) is 35.7 Å². The summed E-state index contributed by atoms with van der Waals surface area (Å²) in [6.07, 6.45) is 0. The second-order valence-electron chi connectivity index (χ2n) is 5.77. The van der Waals surface area contributed by atoms with Crippen molar-refractivity contribution < 1.29 is 9.59 Å². The lowest BCUT2D eigenvalue weighted by atomic mass is 10.2. The Morgan fingerprint density at radius 2 is 1.92 bits per heavy atom. The van der Waals surface area contributed by atoms with Crippen molar-refractivity contribution in [2.45, 2.75) is 26.9 Å². The molecule has 2 aromatic rings. The predicted molar refractivity (Wildman–Crippen MR) is 99.2 cm³/mol. The molecule has 0 fully saturated rings. The number of thiazole rings is 1. The van der Waals surface area contributed by atoms with Crippen LogP contribution < -0.4 is 5.32 Å². The molecule has 7 heteroatoms. The summed E-state index contributed by atoms with van der Waals surface area (Å²) in [7, 11) is 1.69. The number of urea groups is 1. The fourth-order valence-corrected chi connectivity index (χ4v) is 2.98. The van der Waals surface area contributed by atoms with Crippen molar-refractivity contribution in [2.75, 3.05) is 20.1 Å². The largest absolute Gasteiger partial charge is 0.337 e. The number of nitrogens with zero attached hydrogens (tertiary/aromatic N) is 3. The molecule has 0 bridgehead atoms. The molecule has 25 heavy (non-hydrogen) atoms. The van der Waals surface area contributed by atoms with E-state index in [9.17, 15) is 9.59 Å². The zero-order valence-electron chi connectivity index (χ0n) is 14.9. The van der Waals surface area contributed by atoms with Gasteiger partial charge in [-0.05, 0) is 19.4 Å². The van der Waals surface area contributed by atoms with Crippen molar-refractivity contribution in [2.24, 2.45) is 0 Å². The smallest absolute Gasteiger partial charge is 0.317 e. The SMILES string of the molecule is CCN(Cc1ccccc1)C(=O)CNC(=O)N(C)Cc1csc(C)n1. The lowest BCUT2D eigenvalue weighted by Gasteiger charge is -2.22. The first-order chi connectivity index (χ1) is 12.0. The second kappa shape index (κ2) is 9.17. The Bertz CT molecular complexity index is 702. The van der Waals surface area contributed by atoms with Crippen LogP contribution in [-0.2, 0) is 17.9 Å². The minimum absolute atomic E-state index is 0.0139. The molecule has 1 aromatic carbocycles. The zero-order chi connectivity index (χ0) is 18.2. The van der Waals surface area contributed by atoms with E-state index >= 15 is 0 Å². The van der Waals surface area contributed by atoms with Gasteiger partial charge in [0.05, 0.1) is 23.8 Å². The van der Waals surface area contributed by atoms with E-state index in [1.165, 1.54) is 4.90 Å². The Morgan fingerprint density at radius 1 is 1.20 bits per heavy atom. The second-order valence-corrected chi connectivity index (χ2v) is 6.83. The van der Waals surface area contributed by atoms with Gasteiger partial charge in [0, 0.05) is 25.5 Å². The number of rotatable bonds is 7. The highest BCUT2D eigenvalue weighted by molar-refractivity contribution is 7.09. The monoisotopic (exact) mass is 360 g/mol. The Balaban J connectivity index is 1.81. The summed E-state index contributed by atoms with van der Waals surface area (Å²) in [4.78, 5) is 32.1. The number of nitrogens with one attached hydrogen (secondary N) is 1. The van der Waals surface area contributed by atoms with Crippen LogP contribution in [0.5, 0.6) is 0 Å². The van der Waals surface area contributed by atoms with Gasteiger partial charge in [-0.3, -0.25) is 4.79 Å². The van der Waals surface area contributed by atoms with Crippen molar-refractivity contribution in [1.82, 2.24) is 20.1 Å². The van der Waals surface area contributed by atoms with Crippen LogP contribution in [0.4, 0.5) is 4.79 Å². The molecular weight excluding hydrogens is 336 g/mol. The molecule has 3 amide bonds. The third-order valence-corrected chi connectivity index (χ3v) is 4.58. The summed E-state index contributed by atoms with van der Waals surface area (Å²) in [5, 5.41) is 5.59. The first kappa shape index (κ1) is 18.9. The molecule has 0 aliphatic rings. The lowest BCUT2D eigenvalue weighted by Crippen LogP contribution is -2.44. The summed E-state index contributed by atoms with van der Waals surface area (Å²) in [6, 6.07) is 9.53. The summed E-state index contributed by atoms with van der Waals surface area (Å²) in [5.41, 5.74) is 1.92. The molecule has 0 radical (unpaired) electrons. The van der Waals surface area contributed by atoms with Gasteiger partial charge in [0.2, 0.25) is 5.91 Å². The number of carbonyl (C=O) groups is 2. The van der Waals surface area contributed by atoms with E-state index < -0.39 is 0 Å². The fraction of sp³-hybridized carbons (Fsp3) is 0.389. The third kappa shape index (κ3) is 5.86. The van der Waals surface area contributed by atoms with Gasteiger partial charge in [0.1, 0.15) is 0 Å². The lowest BCUT2D eigenvalue weighted by molar-refractivity contribution is -0.130. The van der Waals surface area contributed by atoms with E-state index in [-0.39, 0.29) is 18.5 Å². The average Bonchev–Trinajstić information content (AvgIpc) is 3.02. The normalized spacial score (nSPS) is 10.4. The molecule has 0 saturated heterocycles. The number of amides is 3. The summed E-state index contributed by atoms with van der Waals surface area (Å²) in [6.45, 7) is 5.40. The maximum atomic E-state index is 12.3. The molecule has 1 aromatic heterocycles. The first-order valence-electron chi connectivity index (χ1n) is 8.21.